The van der Waals surface area contributed by atoms with Crippen LogP contribution in [-0.2, 0) is 4.74 Å². The van der Waals surface area contributed by atoms with Gasteiger partial charge in [0.25, 0.3) is 0 Å². The van der Waals surface area contributed by atoms with Crippen molar-refractivity contribution in [3.05, 3.63) is 0 Å². The SMILES string of the molecule is CCOC1CC(NC2CC2CC)C12CCCCC2. The third kappa shape index (κ3) is 2.12. The number of ether oxygens (including phenoxy) is 1. The molecule has 4 atom stereocenters. The molecule has 1 N–H and O–H groups in total. The maximum atomic E-state index is 6.02. The van der Waals surface area contributed by atoms with Crippen molar-refractivity contribution in [3.8, 4) is 0 Å². The van der Waals surface area contributed by atoms with Crippen molar-refractivity contribution < 1.29 is 4.74 Å². The van der Waals surface area contributed by atoms with Gasteiger partial charge in [-0.25, -0.2) is 0 Å². The molecule has 0 heterocycles. The smallest absolute Gasteiger partial charge is 0.0661 e. The van der Waals surface area contributed by atoms with Crippen LogP contribution in [0.15, 0.2) is 0 Å². The van der Waals surface area contributed by atoms with Crippen molar-refractivity contribution in [1.82, 2.24) is 5.32 Å². The Morgan fingerprint density at radius 1 is 1.11 bits per heavy atom. The van der Waals surface area contributed by atoms with Gasteiger partial charge in [-0.15, -0.1) is 0 Å². The molecule has 3 aliphatic rings. The van der Waals surface area contributed by atoms with Crippen LogP contribution < -0.4 is 5.32 Å². The van der Waals surface area contributed by atoms with Crippen LogP contribution in [0.5, 0.6) is 0 Å². The fraction of sp³-hybridized carbons (Fsp3) is 1.00. The lowest BCUT2D eigenvalue weighted by Crippen LogP contribution is -2.65. The molecule has 0 aromatic heterocycles. The van der Waals surface area contributed by atoms with E-state index in [-0.39, 0.29) is 0 Å². The minimum Gasteiger partial charge on any atom is -0.378 e. The fourth-order valence-corrected chi connectivity index (χ4v) is 4.46. The van der Waals surface area contributed by atoms with Gasteiger partial charge in [-0.2, -0.15) is 0 Å². The third-order valence-electron chi connectivity index (χ3n) is 5.80. The van der Waals surface area contributed by atoms with Gasteiger partial charge < -0.3 is 10.1 Å². The molecule has 3 fully saturated rings. The third-order valence-corrected chi connectivity index (χ3v) is 5.80. The highest BCUT2D eigenvalue weighted by Gasteiger charge is 2.57. The van der Waals surface area contributed by atoms with Crippen LogP contribution in [0.4, 0.5) is 0 Å². The Hall–Kier alpha value is -0.0800. The van der Waals surface area contributed by atoms with Crippen molar-refractivity contribution in [2.75, 3.05) is 6.61 Å². The van der Waals surface area contributed by atoms with Crippen LogP contribution in [0.3, 0.4) is 0 Å². The molecule has 3 saturated carbocycles. The Labute approximate surface area is 112 Å². The molecule has 0 aromatic carbocycles. The predicted octanol–water partition coefficient (Wildman–Crippen LogP) is 3.50. The molecule has 0 aliphatic heterocycles. The minimum atomic E-state index is 0.509. The van der Waals surface area contributed by atoms with Crippen LogP contribution in [0.25, 0.3) is 0 Å². The Kier molecular flexibility index (Phi) is 3.68. The molecule has 0 aromatic rings. The van der Waals surface area contributed by atoms with Gasteiger partial charge in [0.15, 0.2) is 0 Å². The molecule has 1 spiro atoms. The lowest BCUT2D eigenvalue weighted by Gasteiger charge is -2.58. The average Bonchev–Trinajstić information content (AvgIpc) is 3.17. The summed E-state index contributed by atoms with van der Waals surface area (Å²) in [5, 5.41) is 3.96. The molecule has 2 nitrogen and oxygen atoms in total. The number of rotatable bonds is 5. The fourth-order valence-electron chi connectivity index (χ4n) is 4.46. The Bertz CT molecular complexity index is 285. The van der Waals surface area contributed by atoms with Gasteiger partial charge in [0.05, 0.1) is 6.10 Å². The van der Waals surface area contributed by atoms with E-state index < -0.39 is 0 Å². The van der Waals surface area contributed by atoms with Gasteiger partial charge in [-0.1, -0.05) is 32.6 Å². The summed E-state index contributed by atoms with van der Waals surface area (Å²) < 4.78 is 6.02. The lowest BCUT2D eigenvalue weighted by molar-refractivity contribution is -0.150. The van der Waals surface area contributed by atoms with Crippen LogP contribution in [0, 0.1) is 11.3 Å². The maximum Gasteiger partial charge on any atom is 0.0661 e. The Morgan fingerprint density at radius 3 is 2.50 bits per heavy atom. The van der Waals surface area contributed by atoms with E-state index in [1.54, 1.807) is 0 Å². The van der Waals surface area contributed by atoms with Crippen molar-refractivity contribution >= 4 is 0 Å². The summed E-state index contributed by atoms with van der Waals surface area (Å²) in [5.41, 5.74) is 0.509. The topological polar surface area (TPSA) is 21.3 Å². The first-order valence-corrected chi connectivity index (χ1v) is 8.17. The highest BCUT2D eigenvalue weighted by molar-refractivity contribution is 5.11. The van der Waals surface area contributed by atoms with E-state index in [4.69, 9.17) is 4.74 Å². The minimum absolute atomic E-state index is 0.509. The van der Waals surface area contributed by atoms with E-state index in [0.29, 0.717) is 11.5 Å². The van der Waals surface area contributed by atoms with Crippen molar-refractivity contribution in [2.24, 2.45) is 11.3 Å². The van der Waals surface area contributed by atoms with Gasteiger partial charge in [0, 0.05) is 24.1 Å². The molecule has 3 aliphatic carbocycles. The van der Waals surface area contributed by atoms with Gasteiger partial charge in [-0.3, -0.25) is 0 Å². The summed E-state index contributed by atoms with van der Waals surface area (Å²) >= 11 is 0. The summed E-state index contributed by atoms with van der Waals surface area (Å²) in [6.07, 6.45) is 11.7. The molecule has 0 radical (unpaired) electrons. The van der Waals surface area contributed by atoms with Crippen LogP contribution in [-0.4, -0.2) is 24.8 Å². The quantitative estimate of drug-likeness (QED) is 0.807. The summed E-state index contributed by atoms with van der Waals surface area (Å²) in [6.45, 7) is 5.36. The Balaban J connectivity index is 1.60. The molecule has 3 rings (SSSR count). The summed E-state index contributed by atoms with van der Waals surface area (Å²) in [4.78, 5) is 0. The molecular formula is C16H29NO. The van der Waals surface area contributed by atoms with Gasteiger partial charge in [0.2, 0.25) is 0 Å². The molecule has 104 valence electrons. The molecule has 0 amide bonds. The summed E-state index contributed by atoms with van der Waals surface area (Å²) in [6, 6.07) is 1.59. The number of hydrogen-bond donors (Lipinski definition) is 1. The summed E-state index contributed by atoms with van der Waals surface area (Å²) in [5.74, 6) is 0.969. The monoisotopic (exact) mass is 251 g/mol. The molecule has 0 saturated heterocycles. The van der Waals surface area contributed by atoms with Crippen molar-refractivity contribution in [3.63, 3.8) is 0 Å². The molecular weight excluding hydrogens is 222 g/mol. The standard InChI is InChI=1S/C16H29NO/c1-3-12-10-13(12)17-14-11-15(18-4-2)16(14)8-6-5-7-9-16/h12-15,17H,3-11H2,1-2H3. The van der Waals surface area contributed by atoms with Gasteiger partial charge in [0.1, 0.15) is 0 Å². The second-order valence-corrected chi connectivity index (χ2v) is 6.70. The van der Waals surface area contributed by atoms with E-state index in [1.807, 2.05) is 0 Å². The van der Waals surface area contributed by atoms with Crippen molar-refractivity contribution in [1.29, 1.82) is 0 Å². The zero-order chi connectivity index (χ0) is 12.6. The predicted molar refractivity (Wildman–Crippen MR) is 74.7 cm³/mol. The van der Waals surface area contributed by atoms with E-state index in [0.717, 1.165) is 24.6 Å². The average molecular weight is 251 g/mol. The zero-order valence-electron chi connectivity index (χ0n) is 12.1. The molecule has 18 heavy (non-hydrogen) atoms. The number of hydrogen-bond acceptors (Lipinski definition) is 2. The van der Waals surface area contributed by atoms with Crippen LogP contribution >= 0.6 is 0 Å². The van der Waals surface area contributed by atoms with Gasteiger partial charge >= 0.3 is 0 Å². The first-order valence-electron chi connectivity index (χ1n) is 8.17. The second kappa shape index (κ2) is 5.13. The first-order chi connectivity index (χ1) is 8.80. The molecule has 0 bridgehead atoms. The highest BCUT2D eigenvalue weighted by atomic mass is 16.5. The van der Waals surface area contributed by atoms with E-state index in [2.05, 4.69) is 19.2 Å². The normalized spacial score (nSPS) is 41.7. The second-order valence-electron chi connectivity index (χ2n) is 6.70. The van der Waals surface area contributed by atoms with Gasteiger partial charge in [-0.05, 0) is 38.5 Å². The largest absolute Gasteiger partial charge is 0.378 e. The first kappa shape index (κ1) is 12.9. The maximum absolute atomic E-state index is 6.02. The lowest BCUT2D eigenvalue weighted by atomic mass is 9.55. The molecule has 2 heteroatoms. The van der Waals surface area contributed by atoms with E-state index in [1.165, 1.54) is 51.4 Å². The zero-order valence-corrected chi connectivity index (χ0v) is 12.1. The summed E-state index contributed by atoms with van der Waals surface area (Å²) in [7, 11) is 0. The molecule has 4 unspecified atom stereocenters. The van der Waals surface area contributed by atoms with Crippen LogP contribution in [0.1, 0.15) is 65.2 Å². The highest BCUT2D eigenvalue weighted by Crippen LogP contribution is 2.54. The number of nitrogens with one attached hydrogen (secondary N) is 1. The van der Waals surface area contributed by atoms with Crippen molar-refractivity contribution in [2.45, 2.75) is 83.4 Å². The van der Waals surface area contributed by atoms with E-state index >= 15 is 0 Å². The van der Waals surface area contributed by atoms with Crippen LogP contribution in [0.2, 0.25) is 0 Å². The van der Waals surface area contributed by atoms with E-state index in [9.17, 15) is 0 Å². The Morgan fingerprint density at radius 2 is 1.89 bits per heavy atom.